The molecule has 0 radical (unpaired) electrons. The van der Waals surface area contributed by atoms with E-state index in [1.54, 1.807) is 0 Å². The maximum atomic E-state index is 10.7. The number of hydrogen-bond donors (Lipinski definition) is 2. The van der Waals surface area contributed by atoms with Gasteiger partial charge in [0.1, 0.15) is 0 Å². The van der Waals surface area contributed by atoms with E-state index in [2.05, 4.69) is 33.8 Å². The molecule has 0 aliphatic rings. The Morgan fingerprint density at radius 3 is 2.11 bits per heavy atom. The van der Waals surface area contributed by atoms with Crippen molar-refractivity contribution in [2.45, 2.75) is 59.4 Å². The average Bonchev–Trinajstić information content (AvgIpc) is 2.32. The highest BCUT2D eigenvalue weighted by molar-refractivity contribution is 5.73. The van der Waals surface area contributed by atoms with Gasteiger partial charge in [-0.2, -0.15) is 0 Å². The third-order valence-corrected chi connectivity index (χ3v) is 3.98. The summed E-state index contributed by atoms with van der Waals surface area (Å²) in [4.78, 5) is 10.7. The van der Waals surface area contributed by atoms with Gasteiger partial charge in [0.2, 0.25) is 5.91 Å². The summed E-state index contributed by atoms with van der Waals surface area (Å²) in [5.74, 6) is -0.229. The minimum atomic E-state index is -0.229. The lowest BCUT2D eigenvalue weighted by Crippen LogP contribution is -2.15. The fourth-order valence-electron chi connectivity index (χ4n) is 2.61. The predicted octanol–water partition coefficient (Wildman–Crippen LogP) is 2.97. The van der Waals surface area contributed by atoms with E-state index in [9.17, 15) is 4.79 Å². The van der Waals surface area contributed by atoms with Crippen LogP contribution in [-0.2, 0) is 4.79 Å². The van der Waals surface area contributed by atoms with Gasteiger partial charge in [-0.1, -0.05) is 12.5 Å². The Hall–Kier alpha value is -1.35. The molecule has 0 saturated heterocycles. The van der Waals surface area contributed by atoms with Crippen LogP contribution in [0.3, 0.4) is 0 Å². The summed E-state index contributed by atoms with van der Waals surface area (Å²) >= 11 is 0. The van der Waals surface area contributed by atoms with Gasteiger partial charge in [-0.3, -0.25) is 4.79 Å². The number of benzene rings is 1. The molecule has 19 heavy (non-hydrogen) atoms. The molecule has 0 aliphatic heterocycles. The lowest BCUT2D eigenvalue weighted by molar-refractivity contribution is -0.118. The van der Waals surface area contributed by atoms with Crippen molar-refractivity contribution in [1.82, 2.24) is 0 Å². The molecule has 0 saturated carbocycles. The third kappa shape index (κ3) is 4.06. The van der Waals surface area contributed by atoms with Crippen molar-refractivity contribution >= 4 is 5.91 Å². The Labute approximate surface area is 116 Å². The second kappa shape index (κ2) is 6.71. The number of carbonyl (C=O) groups excluding carboxylic acids is 1. The van der Waals surface area contributed by atoms with Gasteiger partial charge in [-0.25, -0.2) is 0 Å². The van der Waals surface area contributed by atoms with Crippen LogP contribution in [0.1, 0.15) is 59.5 Å². The fourth-order valence-corrected chi connectivity index (χ4v) is 2.61. The lowest BCUT2D eigenvalue weighted by atomic mass is 9.88. The molecule has 0 heterocycles. The summed E-state index contributed by atoms with van der Waals surface area (Å²) in [6.07, 6.45) is 3.12. The van der Waals surface area contributed by atoms with Crippen LogP contribution in [0, 0.1) is 27.7 Å². The standard InChI is InChI=1S/C16H26N2O/c1-10-9-11(2)13(4)16(12(10)3)14(17)7-5-6-8-15(18)19/h9,14H,5-8,17H2,1-4H3,(H2,18,19). The average molecular weight is 262 g/mol. The summed E-state index contributed by atoms with van der Waals surface area (Å²) in [7, 11) is 0. The Bertz CT molecular complexity index is 440. The maximum Gasteiger partial charge on any atom is 0.217 e. The van der Waals surface area contributed by atoms with Gasteiger partial charge < -0.3 is 11.5 Å². The molecule has 0 spiro atoms. The van der Waals surface area contributed by atoms with E-state index in [0.717, 1.165) is 19.3 Å². The maximum absolute atomic E-state index is 10.7. The molecule has 0 aliphatic carbocycles. The number of nitrogens with two attached hydrogens (primary N) is 2. The van der Waals surface area contributed by atoms with Crippen molar-refractivity contribution in [1.29, 1.82) is 0 Å². The van der Waals surface area contributed by atoms with Crippen molar-refractivity contribution in [2.24, 2.45) is 11.5 Å². The normalized spacial score (nSPS) is 12.5. The number of aryl methyl sites for hydroxylation is 2. The molecule has 0 aromatic heterocycles. The Kier molecular flexibility index (Phi) is 5.55. The van der Waals surface area contributed by atoms with Crippen LogP contribution in [0.25, 0.3) is 0 Å². The zero-order valence-corrected chi connectivity index (χ0v) is 12.5. The molecular weight excluding hydrogens is 236 g/mol. The summed E-state index contributed by atoms with van der Waals surface area (Å²) in [5.41, 5.74) is 17.9. The van der Waals surface area contributed by atoms with Crippen LogP contribution < -0.4 is 11.5 Å². The van der Waals surface area contributed by atoms with Gasteiger partial charge in [0.25, 0.3) is 0 Å². The van der Waals surface area contributed by atoms with Crippen LogP contribution in [0.2, 0.25) is 0 Å². The molecule has 106 valence electrons. The molecule has 4 N–H and O–H groups in total. The smallest absolute Gasteiger partial charge is 0.217 e. The van der Waals surface area contributed by atoms with Crippen LogP contribution in [-0.4, -0.2) is 5.91 Å². The zero-order chi connectivity index (χ0) is 14.6. The largest absolute Gasteiger partial charge is 0.370 e. The summed E-state index contributed by atoms with van der Waals surface area (Å²) in [6, 6.07) is 2.26. The molecule has 1 rings (SSSR count). The molecule has 1 aromatic rings. The summed E-state index contributed by atoms with van der Waals surface area (Å²) in [6.45, 7) is 8.54. The summed E-state index contributed by atoms with van der Waals surface area (Å²) in [5, 5.41) is 0. The molecule has 3 nitrogen and oxygen atoms in total. The number of hydrogen-bond acceptors (Lipinski definition) is 2. The van der Waals surface area contributed by atoms with Gasteiger partial charge >= 0.3 is 0 Å². The van der Waals surface area contributed by atoms with E-state index >= 15 is 0 Å². The molecule has 0 fully saturated rings. The second-order valence-corrected chi connectivity index (χ2v) is 5.49. The van der Waals surface area contributed by atoms with E-state index in [1.807, 2.05) is 0 Å². The molecule has 0 bridgehead atoms. The van der Waals surface area contributed by atoms with Gasteiger partial charge in [0.05, 0.1) is 0 Å². The topological polar surface area (TPSA) is 69.1 Å². The van der Waals surface area contributed by atoms with Crippen molar-refractivity contribution in [3.63, 3.8) is 0 Å². The van der Waals surface area contributed by atoms with Crippen molar-refractivity contribution in [2.75, 3.05) is 0 Å². The van der Waals surface area contributed by atoms with Crippen molar-refractivity contribution < 1.29 is 4.79 Å². The Balaban J connectivity index is 2.76. The fraction of sp³-hybridized carbons (Fsp3) is 0.562. The summed E-state index contributed by atoms with van der Waals surface area (Å²) < 4.78 is 0. The van der Waals surface area contributed by atoms with E-state index in [0.29, 0.717) is 6.42 Å². The van der Waals surface area contributed by atoms with Gasteiger partial charge in [-0.05, 0) is 68.4 Å². The van der Waals surface area contributed by atoms with Crippen LogP contribution >= 0.6 is 0 Å². The van der Waals surface area contributed by atoms with Gasteiger partial charge in [0, 0.05) is 12.5 Å². The van der Waals surface area contributed by atoms with E-state index in [1.165, 1.54) is 27.8 Å². The van der Waals surface area contributed by atoms with E-state index < -0.39 is 0 Å². The molecule has 1 aromatic carbocycles. The first kappa shape index (κ1) is 15.7. The van der Waals surface area contributed by atoms with Crippen molar-refractivity contribution in [3.8, 4) is 0 Å². The van der Waals surface area contributed by atoms with Crippen molar-refractivity contribution in [3.05, 3.63) is 33.9 Å². The van der Waals surface area contributed by atoms with Gasteiger partial charge in [0.15, 0.2) is 0 Å². The number of unbranched alkanes of at least 4 members (excludes halogenated alkanes) is 1. The minimum Gasteiger partial charge on any atom is -0.370 e. The minimum absolute atomic E-state index is 0.0477. The third-order valence-electron chi connectivity index (χ3n) is 3.98. The number of carbonyl (C=O) groups is 1. The Morgan fingerprint density at radius 2 is 1.63 bits per heavy atom. The highest BCUT2D eigenvalue weighted by Crippen LogP contribution is 2.28. The van der Waals surface area contributed by atoms with E-state index in [4.69, 9.17) is 11.5 Å². The number of primary amides is 1. The first-order chi connectivity index (χ1) is 8.84. The van der Waals surface area contributed by atoms with E-state index in [-0.39, 0.29) is 11.9 Å². The highest BCUT2D eigenvalue weighted by atomic mass is 16.1. The second-order valence-electron chi connectivity index (χ2n) is 5.49. The van der Waals surface area contributed by atoms with Crippen LogP contribution in [0.15, 0.2) is 6.07 Å². The molecule has 3 heteroatoms. The first-order valence-corrected chi connectivity index (χ1v) is 6.95. The highest BCUT2D eigenvalue weighted by Gasteiger charge is 2.15. The lowest BCUT2D eigenvalue weighted by Gasteiger charge is -2.21. The monoisotopic (exact) mass is 262 g/mol. The predicted molar refractivity (Wildman–Crippen MR) is 80.0 cm³/mol. The van der Waals surface area contributed by atoms with Crippen LogP contribution in [0.4, 0.5) is 0 Å². The molecule has 1 amide bonds. The van der Waals surface area contributed by atoms with Gasteiger partial charge in [-0.15, -0.1) is 0 Å². The quantitative estimate of drug-likeness (QED) is 0.774. The SMILES string of the molecule is Cc1cc(C)c(C)c(C(N)CCCCC(N)=O)c1C. The molecule has 1 unspecified atom stereocenters. The molecule has 1 atom stereocenters. The molecular formula is C16H26N2O. The number of amides is 1. The van der Waals surface area contributed by atoms with Crippen LogP contribution in [0.5, 0.6) is 0 Å². The first-order valence-electron chi connectivity index (χ1n) is 6.95. The number of rotatable bonds is 6. The zero-order valence-electron chi connectivity index (χ0n) is 12.5. The Morgan fingerprint density at radius 1 is 1.11 bits per heavy atom.